The first kappa shape index (κ1) is 12.4. The number of halogens is 3. The van der Waals surface area contributed by atoms with Gasteiger partial charge >= 0.3 is 0 Å². The second-order valence-electron chi connectivity index (χ2n) is 3.28. The third-order valence-corrected chi connectivity index (χ3v) is 5.80. The van der Waals surface area contributed by atoms with Crippen LogP contribution in [-0.4, -0.2) is 9.78 Å². The van der Waals surface area contributed by atoms with Crippen molar-refractivity contribution >= 4 is 60.6 Å². The summed E-state index contributed by atoms with van der Waals surface area (Å²) in [4.78, 5) is 1.16. The van der Waals surface area contributed by atoms with Gasteiger partial charge in [-0.3, -0.25) is 0 Å². The summed E-state index contributed by atoms with van der Waals surface area (Å²) < 4.78 is 3.82. The number of thiophene rings is 1. The SMILES string of the molecule is Cc1nn(Cc2cc(Br)c(Br)s2)c(N)c1Cl. The Kier molecular flexibility index (Phi) is 3.63. The molecule has 2 aromatic rings. The van der Waals surface area contributed by atoms with Crippen LogP contribution < -0.4 is 5.73 Å². The molecule has 86 valence electrons. The lowest BCUT2D eigenvalue weighted by atomic mass is 10.4. The Morgan fingerprint density at radius 2 is 2.25 bits per heavy atom. The highest BCUT2D eigenvalue weighted by Gasteiger charge is 2.12. The molecule has 3 nitrogen and oxygen atoms in total. The third-order valence-electron chi connectivity index (χ3n) is 2.09. The maximum atomic E-state index is 5.98. The van der Waals surface area contributed by atoms with Crippen LogP contribution in [0.5, 0.6) is 0 Å². The summed E-state index contributed by atoms with van der Waals surface area (Å²) in [6.45, 7) is 2.48. The maximum Gasteiger partial charge on any atom is 0.141 e. The molecule has 0 saturated heterocycles. The lowest BCUT2D eigenvalue weighted by Gasteiger charge is -2.00. The molecule has 2 rings (SSSR count). The van der Waals surface area contributed by atoms with Crippen molar-refractivity contribution in [3.63, 3.8) is 0 Å². The van der Waals surface area contributed by atoms with Crippen molar-refractivity contribution in [2.24, 2.45) is 0 Å². The predicted octanol–water partition coefficient (Wildman–Crippen LogP) is 4.06. The molecule has 16 heavy (non-hydrogen) atoms. The Hall–Kier alpha value is -0.0400. The highest BCUT2D eigenvalue weighted by molar-refractivity contribution is 9.13. The molecule has 2 N–H and O–H groups in total. The van der Waals surface area contributed by atoms with Crippen LogP contribution >= 0.6 is 54.8 Å². The van der Waals surface area contributed by atoms with E-state index in [1.54, 1.807) is 16.0 Å². The number of hydrogen-bond acceptors (Lipinski definition) is 3. The van der Waals surface area contributed by atoms with Crippen molar-refractivity contribution in [1.82, 2.24) is 9.78 Å². The molecule has 0 atom stereocenters. The summed E-state index contributed by atoms with van der Waals surface area (Å²) in [5.41, 5.74) is 6.60. The smallest absolute Gasteiger partial charge is 0.141 e. The molecule has 2 heterocycles. The molecular weight excluding hydrogens is 377 g/mol. The highest BCUT2D eigenvalue weighted by atomic mass is 79.9. The van der Waals surface area contributed by atoms with Gasteiger partial charge in [-0.1, -0.05) is 11.6 Å². The molecule has 7 heteroatoms. The van der Waals surface area contributed by atoms with E-state index in [2.05, 4.69) is 37.0 Å². The van der Waals surface area contributed by atoms with Crippen molar-refractivity contribution in [2.75, 3.05) is 5.73 Å². The van der Waals surface area contributed by atoms with Gasteiger partial charge in [-0.15, -0.1) is 11.3 Å². The second-order valence-corrected chi connectivity index (χ2v) is 6.96. The summed E-state index contributed by atoms with van der Waals surface area (Å²) >= 11 is 14.5. The van der Waals surface area contributed by atoms with E-state index in [1.165, 1.54) is 0 Å². The monoisotopic (exact) mass is 383 g/mol. The Labute approximate surface area is 119 Å². The molecule has 0 amide bonds. The van der Waals surface area contributed by atoms with Gasteiger partial charge in [-0.25, -0.2) is 4.68 Å². The summed E-state index contributed by atoms with van der Waals surface area (Å²) in [6.07, 6.45) is 0. The predicted molar refractivity (Wildman–Crippen MR) is 75.2 cm³/mol. The minimum absolute atomic E-state index is 0.514. The normalized spacial score (nSPS) is 11.0. The van der Waals surface area contributed by atoms with Gasteiger partial charge < -0.3 is 5.73 Å². The zero-order chi connectivity index (χ0) is 11.9. The number of aromatic nitrogens is 2. The lowest BCUT2D eigenvalue weighted by Crippen LogP contribution is -2.04. The van der Waals surface area contributed by atoms with E-state index in [9.17, 15) is 0 Å². The van der Waals surface area contributed by atoms with Gasteiger partial charge in [-0.2, -0.15) is 5.10 Å². The quantitative estimate of drug-likeness (QED) is 0.847. The average molecular weight is 386 g/mol. The molecular formula is C9H8Br2ClN3S. The molecule has 0 aliphatic heterocycles. The first-order valence-corrected chi connectivity index (χ1v) is 7.19. The highest BCUT2D eigenvalue weighted by Crippen LogP contribution is 2.33. The Balaban J connectivity index is 2.30. The van der Waals surface area contributed by atoms with Crippen LogP contribution in [0.4, 0.5) is 5.82 Å². The molecule has 0 unspecified atom stereocenters. The number of nitrogens with zero attached hydrogens (tertiary/aromatic N) is 2. The van der Waals surface area contributed by atoms with Gasteiger partial charge in [-0.05, 0) is 44.8 Å². The number of nitrogens with two attached hydrogens (primary N) is 1. The number of rotatable bonds is 2. The van der Waals surface area contributed by atoms with E-state index >= 15 is 0 Å². The lowest BCUT2D eigenvalue weighted by molar-refractivity contribution is 0.697. The standard InChI is InChI=1S/C9H8Br2ClN3S/c1-4-7(12)9(13)15(14-4)3-5-2-6(10)8(11)16-5/h2H,3,13H2,1H3. The van der Waals surface area contributed by atoms with Crippen LogP contribution in [-0.2, 0) is 6.54 Å². The zero-order valence-corrected chi connectivity index (χ0v) is 13.0. The van der Waals surface area contributed by atoms with E-state index in [0.29, 0.717) is 17.4 Å². The summed E-state index contributed by atoms with van der Waals surface area (Å²) in [5, 5.41) is 4.82. The topological polar surface area (TPSA) is 43.8 Å². The van der Waals surface area contributed by atoms with Gasteiger partial charge in [0.1, 0.15) is 10.8 Å². The van der Waals surface area contributed by atoms with Crippen molar-refractivity contribution in [3.8, 4) is 0 Å². The van der Waals surface area contributed by atoms with Crippen molar-refractivity contribution in [1.29, 1.82) is 0 Å². The summed E-state index contributed by atoms with van der Waals surface area (Å²) in [6, 6.07) is 2.04. The summed E-state index contributed by atoms with van der Waals surface area (Å²) in [7, 11) is 0. The number of hydrogen-bond donors (Lipinski definition) is 1. The number of aryl methyl sites for hydroxylation is 1. The fourth-order valence-electron chi connectivity index (χ4n) is 1.31. The van der Waals surface area contributed by atoms with Gasteiger partial charge in [0.05, 0.1) is 16.0 Å². The molecule has 0 spiro atoms. The molecule has 0 aliphatic rings. The van der Waals surface area contributed by atoms with E-state index < -0.39 is 0 Å². The number of anilines is 1. The van der Waals surface area contributed by atoms with Crippen LogP contribution in [0.2, 0.25) is 5.02 Å². The molecule has 0 radical (unpaired) electrons. The van der Waals surface area contributed by atoms with E-state index in [4.69, 9.17) is 17.3 Å². The minimum atomic E-state index is 0.514. The third kappa shape index (κ3) is 2.30. The van der Waals surface area contributed by atoms with Gasteiger partial charge in [0.25, 0.3) is 0 Å². The van der Waals surface area contributed by atoms with Crippen molar-refractivity contribution < 1.29 is 0 Å². The van der Waals surface area contributed by atoms with E-state index in [-0.39, 0.29) is 0 Å². The van der Waals surface area contributed by atoms with Gasteiger partial charge in [0.2, 0.25) is 0 Å². The van der Waals surface area contributed by atoms with Crippen LogP contribution in [0, 0.1) is 6.92 Å². The van der Waals surface area contributed by atoms with Crippen molar-refractivity contribution in [3.05, 3.63) is 29.9 Å². The van der Waals surface area contributed by atoms with Gasteiger partial charge in [0.15, 0.2) is 0 Å². The van der Waals surface area contributed by atoms with E-state index in [1.807, 2.05) is 13.0 Å². The zero-order valence-electron chi connectivity index (χ0n) is 8.30. The minimum Gasteiger partial charge on any atom is -0.383 e. The molecule has 0 bridgehead atoms. The largest absolute Gasteiger partial charge is 0.383 e. The fraction of sp³-hybridized carbons (Fsp3) is 0.222. The fourth-order valence-corrected chi connectivity index (χ4v) is 3.61. The number of nitrogen functional groups attached to an aromatic ring is 1. The van der Waals surface area contributed by atoms with Gasteiger partial charge in [0, 0.05) is 9.35 Å². The van der Waals surface area contributed by atoms with Crippen LogP contribution in [0.15, 0.2) is 14.3 Å². The Morgan fingerprint density at radius 1 is 1.56 bits per heavy atom. The average Bonchev–Trinajstić information content (AvgIpc) is 2.64. The maximum absolute atomic E-state index is 5.98. The molecule has 0 aromatic carbocycles. The Bertz CT molecular complexity index is 516. The first-order valence-electron chi connectivity index (χ1n) is 4.41. The Morgan fingerprint density at radius 3 is 2.69 bits per heavy atom. The summed E-state index contributed by atoms with van der Waals surface area (Å²) in [5.74, 6) is 0.514. The second kappa shape index (κ2) is 4.68. The molecule has 0 aliphatic carbocycles. The van der Waals surface area contributed by atoms with Crippen LogP contribution in [0.1, 0.15) is 10.6 Å². The van der Waals surface area contributed by atoms with Crippen LogP contribution in [0.25, 0.3) is 0 Å². The molecule has 0 fully saturated rings. The van der Waals surface area contributed by atoms with Crippen LogP contribution in [0.3, 0.4) is 0 Å². The van der Waals surface area contributed by atoms with E-state index in [0.717, 1.165) is 18.8 Å². The van der Waals surface area contributed by atoms with Crippen molar-refractivity contribution in [2.45, 2.75) is 13.5 Å². The molecule has 0 saturated carbocycles. The molecule has 2 aromatic heterocycles. The first-order chi connectivity index (χ1) is 7.49.